The van der Waals surface area contributed by atoms with Gasteiger partial charge in [-0.25, -0.2) is 0 Å². The monoisotopic (exact) mass is 318 g/mol. The van der Waals surface area contributed by atoms with Crippen molar-refractivity contribution in [2.24, 2.45) is 0 Å². The summed E-state index contributed by atoms with van der Waals surface area (Å²) in [5, 5.41) is 10.6. The van der Waals surface area contributed by atoms with Crippen molar-refractivity contribution < 1.29 is 9.84 Å². The van der Waals surface area contributed by atoms with Crippen molar-refractivity contribution in [1.29, 1.82) is 0 Å². The third-order valence-electron chi connectivity index (χ3n) is 4.96. The lowest BCUT2D eigenvalue weighted by molar-refractivity contribution is -0.0782. The molecule has 2 heterocycles. The number of β-amino-alcohol motifs (C(OH)–C–C–N with tert-alkyl or cyclic N) is 1. The van der Waals surface area contributed by atoms with E-state index in [1.54, 1.807) is 0 Å². The fourth-order valence-corrected chi connectivity index (χ4v) is 4.16. The number of benzene rings is 1. The molecule has 2 saturated heterocycles. The van der Waals surface area contributed by atoms with Crippen LogP contribution in [-0.4, -0.2) is 65.9 Å². The van der Waals surface area contributed by atoms with Gasteiger partial charge in [-0.3, -0.25) is 9.80 Å². The van der Waals surface area contributed by atoms with Crippen LogP contribution in [0.15, 0.2) is 30.3 Å². The van der Waals surface area contributed by atoms with E-state index < -0.39 is 0 Å². The molecule has 128 valence electrons. The van der Waals surface area contributed by atoms with Gasteiger partial charge in [-0.2, -0.15) is 0 Å². The van der Waals surface area contributed by atoms with Gasteiger partial charge in [0, 0.05) is 32.2 Å². The average molecular weight is 318 g/mol. The molecule has 0 radical (unpaired) electrons. The van der Waals surface area contributed by atoms with Gasteiger partial charge in [-0.1, -0.05) is 30.3 Å². The zero-order chi connectivity index (χ0) is 16.2. The molecule has 2 fully saturated rings. The summed E-state index contributed by atoms with van der Waals surface area (Å²) in [7, 11) is 0. The standard InChI is InChI=1S/C19H30N2O2/c1-15-11-20(12-16(2)23-15)13-18(22)14-21-10-6-9-19(21)17-7-4-3-5-8-17/h3-5,7-8,15-16,18-19,22H,6,9-14H2,1-2H3. The molecule has 0 aromatic heterocycles. The van der Waals surface area contributed by atoms with Gasteiger partial charge in [0.25, 0.3) is 0 Å². The summed E-state index contributed by atoms with van der Waals surface area (Å²) in [5.41, 5.74) is 1.38. The lowest BCUT2D eigenvalue weighted by Gasteiger charge is -2.37. The van der Waals surface area contributed by atoms with Gasteiger partial charge in [0.15, 0.2) is 0 Å². The predicted octanol–water partition coefficient (Wildman–Crippen LogP) is 2.29. The van der Waals surface area contributed by atoms with Gasteiger partial charge in [0.1, 0.15) is 0 Å². The van der Waals surface area contributed by atoms with Crippen LogP contribution in [0.1, 0.15) is 38.3 Å². The van der Waals surface area contributed by atoms with Crippen LogP contribution in [0, 0.1) is 0 Å². The molecule has 1 aromatic carbocycles. The normalized spacial score (nSPS) is 31.3. The van der Waals surface area contributed by atoms with Gasteiger partial charge in [0.2, 0.25) is 0 Å². The van der Waals surface area contributed by atoms with E-state index in [9.17, 15) is 5.11 Å². The number of hydrogen-bond acceptors (Lipinski definition) is 4. The summed E-state index contributed by atoms with van der Waals surface area (Å²) in [5.74, 6) is 0. The quantitative estimate of drug-likeness (QED) is 0.904. The maximum absolute atomic E-state index is 10.6. The van der Waals surface area contributed by atoms with E-state index in [2.05, 4.69) is 54.0 Å². The second-order valence-corrected chi connectivity index (χ2v) is 7.19. The summed E-state index contributed by atoms with van der Waals surface area (Å²) in [6.45, 7) is 8.66. The minimum Gasteiger partial charge on any atom is -0.390 e. The fraction of sp³-hybridized carbons (Fsp3) is 0.684. The molecule has 23 heavy (non-hydrogen) atoms. The maximum Gasteiger partial charge on any atom is 0.0794 e. The highest BCUT2D eigenvalue weighted by Gasteiger charge is 2.29. The van der Waals surface area contributed by atoms with Crippen LogP contribution in [0.2, 0.25) is 0 Å². The Bertz CT molecular complexity index is 472. The Hall–Kier alpha value is -0.940. The number of aliphatic hydroxyl groups is 1. The third kappa shape index (κ3) is 4.54. The second kappa shape index (κ2) is 7.75. The third-order valence-corrected chi connectivity index (χ3v) is 4.96. The van der Waals surface area contributed by atoms with Crippen molar-refractivity contribution in [3.8, 4) is 0 Å². The highest BCUT2D eigenvalue weighted by molar-refractivity contribution is 5.20. The van der Waals surface area contributed by atoms with E-state index in [0.29, 0.717) is 6.04 Å². The van der Waals surface area contributed by atoms with E-state index >= 15 is 0 Å². The zero-order valence-corrected chi connectivity index (χ0v) is 14.4. The molecule has 3 rings (SSSR count). The van der Waals surface area contributed by atoms with E-state index in [1.807, 2.05) is 0 Å². The van der Waals surface area contributed by atoms with E-state index in [-0.39, 0.29) is 18.3 Å². The molecule has 4 atom stereocenters. The highest BCUT2D eigenvalue weighted by atomic mass is 16.5. The number of nitrogens with zero attached hydrogens (tertiary/aromatic N) is 2. The molecule has 4 heteroatoms. The van der Waals surface area contributed by atoms with Crippen LogP contribution in [0.5, 0.6) is 0 Å². The van der Waals surface area contributed by atoms with Crippen molar-refractivity contribution in [2.45, 2.75) is 51.0 Å². The highest BCUT2D eigenvalue weighted by Crippen LogP contribution is 2.31. The first-order valence-corrected chi connectivity index (χ1v) is 8.96. The van der Waals surface area contributed by atoms with Gasteiger partial charge >= 0.3 is 0 Å². The molecular weight excluding hydrogens is 288 g/mol. The Morgan fingerprint density at radius 1 is 1.13 bits per heavy atom. The molecular formula is C19H30N2O2. The van der Waals surface area contributed by atoms with Gasteiger partial charge < -0.3 is 9.84 Å². The van der Waals surface area contributed by atoms with Crippen LogP contribution in [0.3, 0.4) is 0 Å². The van der Waals surface area contributed by atoms with Crippen LogP contribution >= 0.6 is 0 Å². The molecule has 0 saturated carbocycles. The largest absolute Gasteiger partial charge is 0.390 e. The van der Waals surface area contributed by atoms with Crippen molar-refractivity contribution in [3.63, 3.8) is 0 Å². The first kappa shape index (κ1) is 16.9. The summed E-state index contributed by atoms with van der Waals surface area (Å²) in [6, 6.07) is 11.2. The van der Waals surface area contributed by atoms with Crippen LogP contribution in [0.4, 0.5) is 0 Å². The first-order valence-electron chi connectivity index (χ1n) is 8.96. The fourth-order valence-electron chi connectivity index (χ4n) is 4.16. The topological polar surface area (TPSA) is 35.9 Å². The number of aliphatic hydroxyl groups excluding tert-OH is 1. The number of morpholine rings is 1. The summed E-state index contributed by atoms with van der Waals surface area (Å²) < 4.78 is 5.77. The SMILES string of the molecule is CC1CN(CC(O)CN2CCCC2c2ccccc2)CC(C)O1. The lowest BCUT2D eigenvalue weighted by atomic mass is 10.0. The smallest absolute Gasteiger partial charge is 0.0794 e. The molecule has 0 aliphatic carbocycles. The average Bonchev–Trinajstić information content (AvgIpc) is 2.95. The summed E-state index contributed by atoms with van der Waals surface area (Å²) in [6.07, 6.45) is 2.64. The molecule has 2 aliphatic heterocycles. The minimum absolute atomic E-state index is 0.259. The first-order chi connectivity index (χ1) is 11.1. The second-order valence-electron chi connectivity index (χ2n) is 7.19. The summed E-state index contributed by atoms with van der Waals surface area (Å²) in [4.78, 5) is 4.80. The Morgan fingerprint density at radius 2 is 1.83 bits per heavy atom. The molecule has 1 N–H and O–H groups in total. The molecule has 2 aliphatic rings. The molecule has 4 nitrogen and oxygen atoms in total. The lowest BCUT2D eigenvalue weighted by Crippen LogP contribution is -2.49. The molecule has 0 bridgehead atoms. The van der Waals surface area contributed by atoms with Crippen LogP contribution in [0.25, 0.3) is 0 Å². The molecule has 0 spiro atoms. The zero-order valence-electron chi connectivity index (χ0n) is 14.4. The van der Waals surface area contributed by atoms with Crippen molar-refractivity contribution in [2.75, 3.05) is 32.7 Å². The Labute approximate surface area is 140 Å². The number of ether oxygens (including phenoxy) is 1. The van der Waals surface area contributed by atoms with Crippen LogP contribution in [-0.2, 0) is 4.74 Å². The summed E-state index contributed by atoms with van der Waals surface area (Å²) >= 11 is 0. The molecule has 4 unspecified atom stereocenters. The van der Waals surface area contributed by atoms with Crippen molar-refractivity contribution in [3.05, 3.63) is 35.9 Å². The molecule has 0 amide bonds. The van der Waals surface area contributed by atoms with Gasteiger partial charge in [0.05, 0.1) is 18.3 Å². The number of likely N-dealkylation sites (tertiary alicyclic amines) is 1. The Morgan fingerprint density at radius 3 is 2.52 bits per heavy atom. The minimum atomic E-state index is -0.295. The number of hydrogen-bond donors (Lipinski definition) is 1. The Balaban J connectivity index is 1.53. The Kier molecular flexibility index (Phi) is 5.70. The predicted molar refractivity (Wildman–Crippen MR) is 92.4 cm³/mol. The maximum atomic E-state index is 10.6. The van der Waals surface area contributed by atoms with Crippen molar-refractivity contribution >= 4 is 0 Å². The van der Waals surface area contributed by atoms with E-state index in [0.717, 1.165) is 32.7 Å². The number of rotatable bonds is 5. The van der Waals surface area contributed by atoms with Gasteiger partial charge in [-0.05, 0) is 38.8 Å². The van der Waals surface area contributed by atoms with E-state index in [4.69, 9.17) is 4.74 Å². The molecule has 1 aromatic rings. The van der Waals surface area contributed by atoms with Crippen molar-refractivity contribution in [1.82, 2.24) is 9.80 Å². The van der Waals surface area contributed by atoms with Crippen LogP contribution < -0.4 is 0 Å². The van der Waals surface area contributed by atoms with Gasteiger partial charge in [-0.15, -0.1) is 0 Å². The van der Waals surface area contributed by atoms with E-state index in [1.165, 1.54) is 18.4 Å².